The van der Waals surface area contributed by atoms with Crippen LogP contribution in [0.25, 0.3) is 0 Å². The van der Waals surface area contributed by atoms with Gasteiger partial charge in [0.1, 0.15) is 0 Å². The van der Waals surface area contributed by atoms with Crippen molar-refractivity contribution in [1.29, 1.82) is 0 Å². The van der Waals surface area contributed by atoms with Crippen molar-refractivity contribution in [3.8, 4) is 0 Å². The molecule has 1 heterocycles. The van der Waals surface area contributed by atoms with Crippen LogP contribution < -0.4 is 10.6 Å². The number of aryl methyl sites for hydroxylation is 3. The van der Waals surface area contributed by atoms with Gasteiger partial charge in [0.15, 0.2) is 5.82 Å². The van der Waals surface area contributed by atoms with Gasteiger partial charge >= 0.3 is 0 Å². The maximum absolute atomic E-state index is 12.2. The largest absolute Gasteiger partial charge is 0.339 e. The van der Waals surface area contributed by atoms with Crippen molar-refractivity contribution in [3.05, 3.63) is 35.5 Å². The number of hydrogen-bond donors (Lipinski definition) is 2. The van der Waals surface area contributed by atoms with Gasteiger partial charge in [-0.05, 0) is 50.3 Å². The number of nitrogens with zero attached hydrogens (tertiary/aromatic N) is 2. The van der Waals surface area contributed by atoms with E-state index in [-0.39, 0.29) is 17.7 Å². The highest BCUT2D eigenvalue weighted by atomic mass is 16.5. The molecule has 1 saturated carbocycles. The number of nitrogens with one attached hydrogen (secondary N) is 2. The molecule has 2 amide bonds. The van der Waals surface area contributed by atoms with Gasteiger partial charge in [-0.2, -0.15) is 4.98 Å². The Morgan fingerprint density at radius 1 is 1.22 bits per heavy atom. The van der Waals surface area contributed by atoms with Crippen LogP contribution in [0.3, 0.4) is 0 Å². The minimum Gasteiger partial charge on any atom is -0.339 e. The Morgan fingerprint density at radius 2 is 2.04 bits per heavy atom. The van der Waals surface area contributed by atoms with E-state index in [1.54, 1.807) is 0 Å². The molecule has 144 valence electrons. The molecule has 1 fully saturated rings. The molecule has 7 heteroatoms. The number of benzene rings is 1. The fraction of sp³-hybridized carbons (Fsp3) is 0.500. The number of rotatable bonds is 9. The van der Waals surface area contributed by atoms with Crippen molar-refractivity contribution in [2.24, 2.45) is 5.92 Å². The van der Waals surface area contributed by atoms with E-state index in [9.17, 15) is 9.59 Å². The van der Waals surface area contributed by atoms with E-state index in [1.165, 1.54) is 0 Å². The minimum atomic E-state index is -0.0722. The fourth-order valence-corrected chi connectivity index (χ4v) is 2.75. The van der Waals surface area contributed by atoms with Gasteiger partial charge in [-0.3, -0.25) is 9.59 Å². The molecule has 0 saturated heterocycles. The van der Waals surface area contributed by atoms with Gasteiger partial charge in [0.05, 0.1) is 0 Å². The van der Waals surface area contributed by atoms with E-state index < -0.39 is 0 Å². The molecule has 0 unspecified atom stereocenters. The van der Waals surface area contributed by atoms with Crippen molar-refractivity contribution < 1.29 is 14.1 Å². The average molecular weight is 370 g/mol. The summed E-state index contributed by atoms with van der Waals surface area (Å²) in [7, 11) is 0. The first-order valence-electron chi connectivity index (χ1n) is 9.58. The Morgan fingerprint density at radius 3 is 2.78 bits per heavy atom. The second kappa shape index (κ2) is 8.79. The van der Waals surface area contributed by atoms with Crippen molar-refractivity contribution in [2.75, 3.05) is 10.6 Å². The van der Waals surface area contributed by atoms with Crippen LogP contribution in [-0.2, 0) is 22.4 Å². The molecule has 7 nitrogen and oxygen atoms in total. The predicted molar refractivity (Wildman–Crippen MR) is 102 cm³/mol. The Hall–Kier alpha value is -2.70. The van der Waals surface area contributed by atoms with Gasteiger partial charge < -0.3 is 15.2 Å². The summed E-state index contributed by atoms with van der Waals surface area (Å²) in [6.07, 6.45) is 5.28. The second-order valence-corrected chi connectivity index (χ2v) is 7.05. The Bertz CT molecular complexity index is 811. The van der Waals surface area contributed by atoms with Crippen molar-refractivity contribution >= 4 is 23.2 Å². The highest BCUT2D eigenvalue weighted by molar-refractivity contribution is 5.96. The van der Waals surface area contributed by atoms with Gasteiger partial charge in [-0.1, -0.05) is 18.1 Å². The SMILES string of the molecule is CCCc1noc(CCCC(=O)Nc2cc(NC(=O)C3CC3)ccc2C)n1. The quantitative estimate of drug-likeness (QED) is 0.702. The summed E-state index contributed by atoms with van der Waals surface area (Å²) in [5.41, 5.74) is 2.38. The maximum Gasteiger partial charge on any atom is 0.227 e. The lowest BCUT2D eigenvalue weighted by atomic mass is 10.1. The first-order chi connectivity index (χ1) is 13.0. The number of carbonyl (C=O) groups is 2. The molecule has 3 rings (SSSR count). The van der Waals surface area contributed by atoms with Crippen LogP contribution in [0.15, 0.2) is 22.7 Å². The van der Waals surface area contributed by atoms with E-state index >= 15 is 0 Å². The molecule has 1 aromatic heterocycles. The Balaban J connectivity index is 1.48. The molecular weight excluding hydrogens is 344 g/mol. The smallest absolute Gasteiger partial charge is 0.227 e. The number of hydrogen-bond acceptors (Lipinski definition) is 5. The van der Waals surface area contributed by atoms with Crippen LogP contribution in [0.1, 0.15) is 56.3 Å². The standard InChI is InChI=1S/C20H26N4O3/c1-3-5-17-23-19(27-24-17)7-4-6-18(25)22-16-12-15(11-8-13(16)2)21-20(26)14-9-10-14/h8,11-12,14H,3-7,9-10H2,1-2H3,(H,21,26)(H,22,25). The molecule has 0 spiro atoms. The van der Waals surface area contributed by atoms with Gasteiger partial charge in [0.25, 0.3) is 0 Å². The Kier molecular flexibility index (Phi) is 6.21. The third-order valence-corrected chi connectivity index (χ3v) is 4.51. The summed E-state index contributed by atoms with van der Waals surface area (Å²) in [6.45, 7) is 3.99. The topological polar surface area (TPSA) is 97.1 Å². The summed E-state index contributed by atoms with van der Waals surface area (Å²) < 4.78 is 5.18. The van der Waals surface area contributed by atoms with E-state index in [0.717, 1.165) is 42.8 Å². The number of anilines is 2. The number of carbonyl (C=O) groups excluding carboxylic acids is 2. The van der Waals surface area contributed by atoms with E-state index in [0.29, 0.717) is 30.8 Å². The Labute approximate surface area is 158 Å². The fourth-order valence-electron chi connectivity index (χ4n) is 2.75. The molecule has 27 heavy (non-hydrogen) atoms. The zero-order valence-electron chi connectivity index (χ0n) is 15.9. The first-order valence-corrected chi connectivity index (χ1v) is 9.58. The third kappa shape index (κ3) is 5.64. The molecule has 0 aliphatic heterocycles. The summed E-state index contributed by atoms with van der Waals surface area (Å²) >= 11 is 0. The van der Waals surface area contributed by atoms with E-state index in [1.807, 2.05) is 25.1 Å². The van der Waals surface area contributed by atoms with E-state index in [4.69, 9.17) is 4.52 Å². The van der Waals surface area contributed by atoms with Gasteiger partial charge in [0.2, 0.25) is 17.7 Å². The molecule has 1 aliphatic rings. The monoisotopic (exact) mass is 370 g/mol. The molecule has 0 bridgehead atoms. The van der Waals surface area contributed by atoms with Crippen LogP contribution in [-0.4, -0.2) is 22.0 Å². The zero-order chi connectivity index (χ0) is 19.2. The van der Waals surface area contributed by atoms with Crippen LogP contribution in [0.4, 0.5) is 11.4 Å². The molecule has 1 aliphatic carbocycles. The normalized spacial score (nSPS) is 13.4. The second-order valence-electron chi connectivity index (χ2n) is 7.05. The van der Waals surface area contributed by atoms with Crippen LogP contribution in [0, 0.1) is 12.8 Å². The first kappa shape index (κ1) is 19.1. The highest BCUT2D eigenvalue weighted by Gasteiger charge is 2.29. The van der Waals surface area contributed by atoms with Gasteiger partial charge in [-0.25, -0.2) is 0 Å². The van der Waals surface area contributed by atoms with Crippen molar-refractivity contribution in [3.63, 3.8) is 0 Å². The summed E-state index contributed by atoms with van der Waals surface area (Å²) in [5.74, 6) is 1.42. The summed E-state index contributed by atoms with van der Waals surface area (Å²) in [5, 5.41) is 9.74. The van der Waals surface area contributed by atoms with Crippen LogP contribution in [0.5, 0.6) is 0 Å². The molecule has 2 N–H and O–H groups in total. The third-order valence-electron chi connectivity index (χ3n) is 4.51. The average Bonchev–Trinajstić information content (AvgIpc) is 3.40. The lowest BCUT2D eigenvalue weighted by Crippen LogP contribution is -2.15. The van der Waals surface area contributed by atoms with Gasteiger partial charge in [0, 0.05) is 36.6 Å². The van der Waals surface area contributed by atoms with Crippen LogP contribution in [0.2, 0.25) is 0 Å². The molecular formula is C20H26N4O3. The van der Waals surface area contributed by atoms with Gasteiger partial charge in [-0.15, -0.1) is 0 Å². The van der Waals surface area contributed by atoms with Crippen molar-refractivity contribution in [2.45, 2.75) is 58.8 Å². The number of aromatic nitrogens is 2. The zero-order valence-corrected chi connectivity index (χ0v) is 15.9. The van der Waals surface area contributed by atoms with E-state index in [2.05, 4.69) is 27.7 Å². The van der Waals surface area contributed by atoms with Crippen LogP contribution >= 0.6 is 0 Å². The van der Waals surface area contributed by atoms with Crippen molar-refractivity contribution in [1.82, 2.24) is 10.1 Å². The highest BCUT2D eigenvalue weighted by Crippen LogP contribution is 2.30. The minimum absolute atomic E-state index is 0.0538. The molecule has 2 aromatic rings. The maximum atomic E-state index is 12.2. The predicted octanol–water partition coefficient (Wildman–Crippen LogP) is 3.64. The molecule has 1 aromatic carbocycles. The summed E-state index contributed by atoms with van der Waals surface area (Å²) in [6, 6.07) is 5.56. The molecule has 0 atom stereocenters. The lowest BCUT2D eigenvalue weighted by Gasteiger charge is -2.11. The summed E-state index contributed by atoms with van der Waals surface area (Å²) in [4.78, 5) is 28.4. The lowest BCUT2D eigenvalue weighted by molar-refractivity contribution is -0.117. The molecule has 0 radical (unpaired) electrons. The number of amides is 2.